The number of nitrogens with one attached hydrogen (secondary N) is 1. The highest BCUT2D eigenvalue weighted by molar-refractivity contribution is 5.85. The van der Waals surface area contributed by atoms with Gasteiger partial charge in [-0.15, -0.1) is 0 Å². The van der Waals surface area contributed by atoms with Crippen molar-refractivity contribution in [1.29, 1.82) is 0 Å². The first-order valence-electron chi connectivity index (χ1n) is 7.84. The van der Waals surface area contributed by atoms with Crippen LogP contribution in [0.3, 0.4) is 0 Å². The van der Waals surface area contributed by atoms with Gasteiger partial charge in [0.1, 0.15) is 6.61 Å². The Labute approximate surface area is 144 Å². The molecule has 2 aromatic rings. The lowest BCUT2D eigenvalue weighted by Gasteiger charge is -2.24. The third kappa shape index (κ3) is 4.00. The van der Waals surface area contributed by atoms with E-state index in [9.17, 15) is 9.90 Å². The predicted octanol–water partition coefficient (Wildman–Crippen LogP) is 2.08. The lowest BCUT2D eigenvalue weighted by Crippen LogP contribution is -2.42. The minimum Gasteiger partial charge on any atom is -0.504 e. The summed E-state index contributed by atoms with van der Waals surface area (Å²) < 4.78 is 16.4. The van der Waals surface area contributed by atoms with E-state index in [0.717, 1.165) is 0 Å². The van der Waals surface area contributed by atoms with Crippen LogP contribution >= 0.6 is 0 Å². The highest BCUT2D eigenvalue weighted by Gasteiger charge is 2.26. The van der Waals surface area contributed by atoms with Crippen molar-refractivity contribution >= 4 is 12.1 Å². The molecule has 3 rings (SSSR count). The van der Waals surface area contributed by atoms with Gasteiger partial charge in [0.05, 0.1) is 12.8 Å². The fraction of sp³-hybridized carbons (Fsp3) is 0.222. The van der Waals surface area contributed by atoms with E-state index in [4.69, 9.17) is 14.2 Å². The predicted molar refractivity (Wildman–Crippen MR) is 91.4 cm³/mol. The molecule has 25 heavy (non-hydrogen) atoms. The summed E-state index contributed by atoms with van der Waals surface area (Å²) in [6, 6.07) is 12.0. The van der Waals surface area contributed by atoms with E-state index >= 15 is 0 Å². The molecule has 0 saturated carbocycles. The lowest BCUT2D eigenvalue weighted by atomic mass is 10.2. The Balaban J connectivity index is 1.59. The molecule has 2 N–H and O–H groups in total. The van der Waals surface area contributed by atoms with Gasteiger partial charge in [0, 0.05) is 0 Å². The van der Waals surface area contributed by atoms with Gasteiger partial charge in [0.15, 0.2) is 23.0 Å². The topological polar surface area (TPSA) is 89.4 Å². The third-order valence-corrected chi connectivity index (χ3v) is 3.47. The maximum absolute atomic E-state index is 12.1. The van der Waals surface area contributed by atoms with Crippen molar-refractivity contribution < 1.29 is 24.1 Å². The summed E-state index contributed by atoms with van der Waals surface area (Å²) in [6.07, 6.45) is 0.683. The first-order chi connectivity index (χ1) is 12.2. The molecule has 0 spiro atoms. The summed E-state index contributed by atoms with van der Waals surface area (Å²) in [5.74, 6) is 1.14. The minimum atomic E-state index is -0.772. The maximum Gasteiger partial charge on any atom is 0.284 e. The number of hydrogen-bond acceptors (Lipinski definition) is 6. The summed E-state index contributed by atoms with van der Waals surface area (Å²) >= 11 is 0. The summed E-state index contributed by atoms with van der Waals surface area (Å²) in [6.45, 7) is 2.38. The molecule has 0 bridgehead atoms. The first-order valence-corrected chi connectivity index (χ1v) is 7.84. The van der Waals surface area contributed by atoms with Gasteiger partial charge in [-0.3, -0.25) is 4.79 Å². The number of benzene rings is 2. The number of nitrogens with zero attached hydrogens (tertiary/aromatic N) is 1. The smallest absolute Gasteiger partial charge is 0.284 e. The second-order valence-corrected chi connectivity index (χ2v) is 5.26. The van der Waals surface area contributed by atoms with Crippen LogP contribution < -0.4 is 19.6 Å². The molecule has 130 valence electrons. The highest BCUT2D eigenvalue weighted by Crippen LogP contribution is 2.30. The van der Waals surface area contributed by atoms with Crippen molar-refractivity contribution in [1.82, 2.24) is 5.43 Å². The van der Waals surface area contributed by atoms with Gasteiger partial charge >= 0.3 is 0 Å². The van der Waals surface area contributed by atoms with Crippen LogP contribution in [0.15, 0.2) is 47.6 Å². The van der Waals surface area contributed by atoms with Gasteiger partial charge < -0.3 is 19.3 Å². The largest absolute Gasteiger partial charge is 0.504 e. The van der Waals surface area contributed by atoms with Gasteiger partial charge in [0.25, 0.3) is 5.91 Å². The Hall–Kier alpha value is -3.22. The highest BCUT2D eigenvalue weighted by atomic mass is 16.6. The monoisotopic (exact) mass is 342 g/mol. The number of amides is 1. The Morgan fingerprint density at radius 1 is 1.36 bits per heavy atom. The van der Waals surface area contributed by atoms with E-state index < -0.39 is 12.0 Å². The van der Waals surface area contributed by atoms with Crippen LogP contribution in [0.5, 0.6) is 23.0 Å². The summed E-state index contributed by atoms with van der Waals surface area (Å²) in [7, 11) is 0. The number of phenolic OH excluding ortho intramolecular Hbond substituents is 1. The molecule has 0 saturated heterocycles. The van der Waals surface area contributed by atoms with Crippen molar-refractivity contribution in [2.45, 2.75) is 13.0 Å². The molecule has 0 unspecified atom stereocenters. The quantitative estimate of drug-likeness (QED) is 0.641. The molecule has 1 aliphatic heterocycles. The van der Waals surface area contributed by atoms with E-state index in [1.807, 2.05) is 13.0 Å². The first kappa shape index (κ1) is 16.6. The van der Waals surface area contributed by atoms with Crippen molar-refractivity contribution in [3.63, 3.8) is 0 Å². The molecular formula is C18H18N2O5. The van der Waals surface area contributed by atoms with Gasteiger partial charge in [-0.05, 0) is 42.8 Å². The minimum absolute atomic E-state index is 0.0504. The maximum atomic E-state index is 12.1. The van der Waals surface area contributed by atoms with Gasteiger partial charge in [-0.2, -0.15) is 5.10 Å². The molecule has 1 atom stereocenters. The molecule has 1 heterocycles. The van der Waals surface area contributed by atoms with E-state index in [0.29, 0.717) is 29.4 Å². The average Bonchev–Trinajstić information content (AvgIpc) is 2.64. The molecule has 7 heteroatoms. The van der Waals surface area contributed by atoms with Gasteiger partial charge in [-0.25, -0.2) is 5.43 Å². The number of carbonyl (C=O) groups excluding carboxylic acids is 1. The van der Waals surface area contributed by atoms with Crippen LogP contribution in [0.1, 0.15) is 12.5 Å². The number of hydrazone groups is 1. The number of ether oxygens (including phenoxy) is 3. The molecule has 7 nitrogen and oxygen atoms in total. The van der Waals surface area contributed by atoms with Crippen molar-refractivity contribution in [3.8, 4) is 23.0 Å². The second-order valence-electron chi connectivity index (χ2n) is 5.26. The Morgan fingerprint density at radius 2 is 2.16 bits per heavy atom. The molecule has 0 aliphatic carbocycles. The fourth-order valence-corrected chi connectivity index (χ4v) is 2.27. The Kier molecular flexibility index (Phi) is 5.03. The standard InChI is InChI=1S/C18H18N2O5/c1-2-23-16-9-12(7-8-13(16)21)10-19-20-18(22)17-11-24-14-5-3-4-6-15(14)25-17/h3-10,17,21H,2,11H2,1H3,(H,20,22)/b19-10-/t17-/m0/s1. The zero-order valence-corrected chi connectivity index (χ0v) is 13.6. The van der Waals surface area contributed by atoms with Crippen molar-refractivity contribution in [2.75, 3.05) is 13.2 Å². The van der Waals surface area contributed by atoms with Crippen LogP contribution in [-0.2, 0) is 4.79 Å². The van der Waals surface area contributed by atoms with E-state index in [1.54, 1.807) is 30.3 Å². The number of rotatable bonds is 5. The van der Waals surface area contributed by atoms with Gasteiger partial charge in [-0.1, -0.05) is 12.1 Å². The number of hydrogen-bond donors (Lipinski definition) is 2. The van der Waals surface area contributed by atoms with Crippen LogP contribution in [-0.4, -0.2) is 36.5 Å². The number of phenols is 1. The summed E-state index contributed by atoms with van der Waals surface area (Å²) in [5, 5.41) is 13.6. The molecule has 2 aromatic carbocycles. The fourth-order valence-electron chi connectivity index (χ4n) is 2.27. The number of aromatic hydroxyl groups is 1. The van der Waals surface area contributed by atoms with E-state index in [-0.39, 0.29) is 12.4 Å². The normalized spacial score (nSPS) is 15.8. The van der Waals surface area contributed by atoms with Crippen molar-refractivity contribution in [2.24, 2.45) is 5.10 Å². The Morgan fingerprint density at radius 3 is 2.96 bits per heavy atom. The number of carbonyl (C=O) groups is 1. The lowest BCUT2D eigenvalue weighted by molar-refractivity contribution is -0.130. The molecule has 0 radical (unpaired) electrons. The summed E-state index contributed by atoms with van der Waals surface area (Å²) in [4.78, 5) is 12.1. The Bertz CT molecular complexity index is 791. The molecule has 0 aromatic heterocycles. The summed E-state index contributed by atoms with van der Waals surface area (Å²) in [5.41, 5.74) is 3.09. The van der Waals surface area contributed by atoms with E-state index in [1.165, 1.54) is 12.3 Å². The van der Waals surface area contributed by atoms with Crippen LogP contribution in [0, 0.1) is 0 Å². The van der Waals surface area contributed by atoms with Crippen molar-refractivity contribution in [3.05, 3.63) is 48.0 Å². The zero-order chi connectivity index (χ0) is 17.6. The van der Waals surface area contributed by atoms with Crippen LogP contribution in [0.2, 0.25) is 0 Å². The van der Waals surface area contributed by atoms with E-state index in [2.05, 4.69) is 10.5 Å². The van der Waals surface area contributed by atoms with Crippen LogP contribution in [0.4, 0.5) is 0 Å². The molecule has 1 amide bonds. The third-order valence-electron chi connectivity index (χ3n) is 3.47. The SMILES string of the molecule is CCOc1cc(/C=N\NC(=O)[C@@H]2COc3ccccc3O2)ccc1O. The zero-order valence-electron chi connectivity index (χ0n) is 13.6. The molecule has 0 fully saturated rings. The molecule has 1 aliphatic rings. The van der Waals surface area contributed by atoms with Gasteiger partial charge in [0.2, 0.25) is 6.10 Å². The second kappa shape index (κ2) is 7.57. The number of fused-ring (bicyclic) bond motifs is 1. The average molecular weight is 342 g/mol. The van der Waals surface area contributed by atoms with Crippen LogP contribution in [0.25, 0.3) is 0 Å². The number of para-hydroxylation sites is 2. The molecular weight excluding hydrogens is 324 g/mol.